The van der Waals surface area contributed by atoms with Crippen molar-refractivity contribution in [3.8, 4) is 17.2 Å². The summed E-state index contributed by atoms with van der Waals surface area (Å²) >= 11 is 0. The highest BCUT2D eigenvalue weighted by Gasteiger charge is 2.33. The number of benzene rings is 2. The quantitative estimate of drug-likeness (QED) is 0.736. The maximum Gasteiger partial charge on any atom is 0.254 e. The van der Waals surface area contributed by atoms with Gasteiger partial charge in [0.25, 0.3) is 5.91 Å². The van der Waals surface area contributed by atoms with E-state index in [9.17, 15) is 13.2 Å². The van der Waals surface area contributed by atoms with Crippen molar-refractivity contribution in [2.24, 2.45) is 0 Å². The number of rotatable bonds is 4. The van der Waals surface area contributed by atoms with Gasteiger partial charge in [0.2, 0.25) is 16.8 Å². The van der Waals surface area contributed by atoms with Crippen LogP contribution >= 0.6 is 0 Å². The van der Waals surface area contributed by atoms with Crippen molar-refractivity contribution in [2.75, 3.05) is 40.1 Å². The van der Waals surface area contributed by atoms with Crippen molar-refractivity contribution in [1.82, 2.24) is 9.21 Å². The number of amides is 1. The van der Waals surface area contributed by atoms with Crippen molar-refractivity contribution < 1.29 is 27.4 Å². The molecule has 2 aromatic rings. The Morgan fingerprint density at radius 3 is 2.33 bits per heavy atom. The van der Waals surface area contributed by atoms with E-state index in [1.807, 2.05) is 13.8 Å². The molecular weight excluding hydrogens is 408 g/mol. The van der Waals surface area contributed by atoms with Crippen LogP contribution < -0.4 is 14.2 Å². The second-order valence-corrected chi connectivity index (χ2v) is 9.26. The van der Waals surface area contributed by atoms with Crippen molar-refractivity contribution in [3.05, 3.63) is 47.0 Å². The molecule has 30 heavy (non-hydrogen) atoms. The summed E-state index contributed by atoms with van der Waals surface area (Å²) in [5.74, 6) is 1.33. The van der Waals surface area contributed by atoms with E-state index in [-0.39, 0.29) is 30.7 Å². The van der Waals surface area contributed by atoms with E-state index in [4.69, 9.17) is 14.2 Å². The number of piperazine rings is 1. The number of hydrogen-bond donors (Lipinski definition) is 0. The second-order valence-electron chi connectivity index (χ2n) is 7.35. The molecule has 0 aliphatic carbocycles. The van der Waals surface area contributed by atoms with Crippen LogP contribution in [0.3, 0.4) is 0 Å². The van der Waals surface area contributed by atoms with Gasteiger partial charge in [-0.1, -0.05) is 0 Å². The smallest absolute Gasteiger partial charge is 0.254 e. The largest absolute Gasteiger partial charge is 0.495 e. The molecular formula is C21H24N2O6S. The fraction of sp³-hybridized carbons (Fsp3) is 0.381. The molecule has 0 saturated carbocycles. The minimum absolute atomic E-state index is 0.144. The summed E-state index contributed by atoms with van der Waals surface area (Å²) in [5, 5.41) is 0. The second kappa shape index (κ2) is 7.81. The Labute approximate surface area is 176 Å². The average Bonchev–Trinajstić information content (AvgIpc) is 3.22. The van der Waals surface area contributed by atoms with Crippen LogP contribution in [0.25, 0.3) is 0 Å². The molecule has 0 unspecified atom stereocenters. The van der Waals surface area contributed by atoms with Crippen LogP contribution in [0, 0.1) is 13.8 Å². The van der Waals surface area contributed by atoms with Crippen molar-refractivity contribution >= 4 is 15.9 Å². The molecule has 2 aliphatic rings. The summed E-state index contributed by atoms with van der Waals surface area (Å²) in [4.78, 5) is 14.7. The molecule has 2 aliphatic heterocycles. The molecule has 0 bridgehead atoms. The minimum atomic E-state index is -3.73. The average molecular weight is 432 g/mol. The van der Waals surface area contributed by atoms with Crippen LogP contribution in [0.2, 0.25) is 0 Å². The molecule has 4 rings (SSSR count). The molecule has 0 spiro atoms. The lowest BCUT2D eigenvalue weighted by Gasteiger charge is -2.34. The molecule has 8 nitrogen and oxygen atoms in total. The third-order valence-corrected chi connectivity index (χ3v) is 7.46. The van der Waals surface area contributed by atoms with E-state index >= 15 is 0 Å². The Kier molecular flexibility index (Phi) is 5.33. The highest BCUT2D eigenvalue weighted by atomic mass is 32.2. The third kappa shape index (κ3) is 3.59. The van der Waals surface area contributed by atoms with Gasteiger partial charge in [-0.2, -0.15) is 4.31 Å². The Balaban J connectivity index is 1.49. The lowest BCUT2D eigenvalue weighted by molar-refractivity contribution is 0.0697. The van der Waals surface area contributed by atoms with E-state index in [1.54, 1.807) is 35.2 Å². The number of methoxy groups -OCH3 is 1. The molecule has 1 amide bonds. The van der Waals surface area contributed by atoms with Gasteiger partial charge in [0.15, 0.2) is 11.5 Å². The number of fused-ring (bicyclic) bond motifs is 1. The van der Waals surface area contributed by atoms with E-state index < -0.39 is 10.0 Å². The van der Waals surface area contributed by atoms with Gasteiger partial charge in [-0.25, -0.2) is 8.42 Å². The molecule has 2 heterocycles. The molecule has 0 atom stereocenters. The SMILES string of the molecule is COc1cc(C)c(C)cc1S(=O)(=O)N1CCN(C(=O)c2ccc3c(c2)OCO3)CC1. The van der Waals surface area contributed by atoms with Crippen LogP contribution in [0.1, 0.15) is 21.5 Å². The molecule has 2 aromatic carbocycles. The lowest BCUT2D eigenvalue weighted by Crippen LogP contribution is -2.50. The zero-order valence-electron chi connectivity index (χ0n) is 17.2. The monoisotopic (exact) mass is 432 g/mol. The number of ether oxygens (including phenoxy) is 3. The minimum Gasteiger partial charge on any atom is -0.495 e. The van der Waals surface area contributed by atoms with Crippen molar-refractivity contribution in [2.45, 2.75) is 18.7 Å². The summed E-state index contributed by atoms with van der Waals surface area (Å²) in [7, 11) is -2.27. The number of nitrogens with zero attached hydrogens (tertiary/aromatic N) is 2. The molecule has 0 aromatic heterocycles. The van der Waals surface area contributed by atoms with Crippen LogP contribution in [0.5, 0.6) is 17.2 Å². The maximum atomic E-state index is 13.2. The Bertz CT molecular complexity index is 1090. The van der Waals surface area contributed by atoms with Crippen LogP contribution in [0.4, 0.5) is 0 Å². The first kappa shape index (κ1) is 20.5. The van der Waals surface area contributed by atoms with Gasteiger partial charge in [0, 0.05) is 31.7 Å². The number of carbonyl (C=O) groups excluding carboxylic acids is 1. The van der Waals surface area contributed by atoms with Gasteiger partial charge in [0.05, 0.1) is 7.11 Å². The van der Waals surface area contributed by atoms with E-state index in [0.29, 0.717) is 35.9 Å². The molecule has 9 heteroatoms. The van der Waals surface area contributed by atoms with Gasteiger partial charge in [-0.15, -0.1) is 0 Å². The van der Waals surface area contributed by atoms with Crippen LogP contribution in [0.15, 0.2) is 35.2 Å². The van der Waals surface area contributed by atoms with E-state index in [2.05, 4.69) is 0 Å². The Hall–Kier alpha value is -2.78. The first-order valence-corrected chi connectivity index (χ1v) is 11.1. The van der Waals surface area contributed by atoms with Gasteiger partial charge in [-0.3, -0.25) is 4.79 Å². The van der Waals surface area contributed by atoms with Gasteiger partial charge >= 0.3 is 0 Å². The molecule has 0 radical (unpaired) electrons. The lowest BCUT2D eigenvalue weighted by atomic mass is 10.1. The topological polar surface area (TPSA) is 85.4 Å². The first-order chi connectivity index (χ1) is 14.3. The molecule has 1 saturated heterocycles. The summed E-state index contributed by atoms with van der Waals surface area (Å²) < 4.78 is 43.8. The Morgan fingerprint density at radius 2 is 1.63 bits per heavy atom. The highest BCUT2D eigenvalue weighted by molar-refractivity contribution is 7.89. The predicted molar refractivity (Wildman–Crippen MR) is 110 cm³/mol. The summed E-state index contributed by atoms with van der Waals surface area (Å²) in [6.45, 7) is 4.97. The molecule has 1 fully saturated rings. The van der Waals surface area contributed by atoms with Crippen LogP contribution in [-0.4, -0.2) is 63.6 Å². The predicted octanol–water partition coefficient (Wildman–Crippen LogP) is 2.19. The summed E-state index contributed by atoms with van der Waals surface area (Å²) in [6.07, 6.45) is 0. The number of aryl methyl sites for hydroxylation is 2. The highest BCUT2D eigenvalue weighted by Crippen LogP contribution is 2.33. The van der Waals surface area contributed by atoms with E-state index in [0.717, 1.165) is 11.1 Å². The Morgan fingerprint density at radius 1 is 0.967 bits per heavy atom. The fourth-order valence-electron chi connectivity index (χ4n) is 3.61. The summed E-state index contributed by atoms with van der Waals surface area (Å²) in [6, 6.07) is 8.45. The molecule has 0 N–H and O–H groups in total. The van der Waals surface area contributed by atoms with Crippen molar-refractivity contribution in [1.29, 1.82) is 0 Å². The third-order valence-electron chi connectivity index (χ3n) is 5.54. The first-order valence-electron chi connectivity index (χ1n) is 9.65. The van der Waals surface area contributed by atoms with Gasteiger partial charge < -0.3 is 19.1 Å². The molecule has 160 valence electrons. The van der Waals surface area contributed by atoms with Gasteiger partial charge in [-0.05, 0) is 55.3 Å². The van der Waals surface area contributed by atoms with Crippen LogP contribution in [-0.2, 0) is 10.0 Å². The van der Waals surface area contributed by atoms with Crippen molar-refractivity contribution in [3.63, 3.8) is 0 Å². The summed E-state index contributed by atoms with van der Waals surface area (Å²) in [5.41, 5.74) is 2.34. The zero-order chi connectivity index (χ0) is 21.5. The number of hydrogen-bond acceptors (Lipinski definition) is 6. The zero-order valence-corrected chi connectivity index (χ0v) is 18.0. The standard InChI is InChI=1S/C21H24N2O6S/c1-14-10-19(27-3)20(11-15(14)2)30(25,26)23-8-6-22(7-9-23)21(24)16-4-5-17-18(12-16)29-13-28-17/h4-5,10-12H,6-9,13H2,1-3H3. The maximum absolute atomic E-state index is 13.2. The van der Waals surface area contributed by atoms with E-state index in [1.165, 1.54) is 11.4 Å². The number of sulfonamides is 1. The van der Waals surface area contributed by atoms with Gasteiger partial charge in [0.1, 0.15) is 10.6 Å². The fourth-order valence-corrected chi connectivity index (χ4v) is 5.25. The normalized spacial score (nSPS) is 16.6. The number of carbonyl (C=O) groups is 1.